The highest BCUT2D eigenvalue weighted by molar-refractivity contribution is 5.99. The van der Waals surface area contributed by atoms with E-state index in [9.17, 15) is 4.79 Å². The van der Waals surface area contributed by atoms with Crippen molar-refractivity contribution in [2.24, 2.45) is 0 Å². The topological polar surface area (TPSA) is 58.4 Å². The Kier molecular flexibility index (Phi) is 4.93. The Morgan fingerprint density at radius 3 is 2.39 bits per heavy atom. The van der Waals surface area contributed by atoms with E-state index in [2.05, 4.69) is 34.5 Å². The number of nitrogens with zero attached hydrogens (tertiary/aromatic N) is 1. The van der Waals surface area contributed by atoms with E-state index in [1.165, 1.54) is 18.4 Å². The summed E-state index contributed by atoms with van der Waals surface area (Å²) in [7, 11) is 0. The molecule has 1 aliphatic heterocycles. The van der Waals surface area contributed by atoms with Gasteiger partial charge in [0, 0.05) is 12.2 Å². The van der Waals surface area contributed by atoms with E-state index in [1.54, 1.807) is 12.1 Å². The molecule has 0 spiro atoms. The molecule has 0 saturated carbocycles. The molecule has 0 radical (unpaired) electrons. The van der Waals surface area contributed by atoms with Crippen LogP contribution in [-0.2, 0) is 0 Å². The molecule has 0 aromatic heterocycles. The fourth-order valence-corrected chi connectivity index (χ4v) is 3.17. The smallest absolute Gasteiger partial charge is 0.253 e. The molecule has 2 aromatic carbocycles. The van der Waals surface area contributed by atoms with Gasteiger partial charge >= 0.3 is 0 Å². The largest absolute Gasteiger partial charge is 0.398 e. The van der Waals surface area contributed by atoms with Gasteiger partial charge in [-0.25, -0.2) is 0 Å². The average Bonchev–Trinajstić information content (AvgIpc) is 3.10. The monoisotopic (exact) mass is 309 g/mol. The number of carbonyl (C=O) groups is 1. The Morgan fingerprint density at radius 2 is 1.70 bits per heavy atom. The molecule has 4 heteroatoms. The van der Waals surface area contributed by atoms with Crippen LogP contribution in [0, 0.1) is 0 Å². The predicted octanol–water partition coefficient (Wildman–Crippen LogP) is 2.84. The van der Waals surface area contributed by atoms with Crippen LogP contribution in [0.3, 0.4) is 0 Å². The quantitative estimate of drug-likeness (QED) is 0.835. The number of benzene rings is 2. The highest BCUT2D eigenvalue weighted by Crippen LogP contribution is 2.24. The minimum Gasteiger partial charge on any atom is -0.398 e. The molecule has 120 valence electrons. The number of nitrogens with one attached hydrogen (secondary N) is 1. The van der Waals surface area contributed by atoms with E-state index >= 15 is 0 Å². The lowest BCUT2D eigenvalue weighted by atomic mass is 10.1. The number of nitrogens with two attached hydrogens (primary N) is 1. The molecule has 1 saturated heterocycles. The zero-order chi connectivity index (χ0) is 16.1. The SMILES string of the molecule is Nc1ccccc1C(=O)NCC(c1ccccc1)N1CCCC1. The minimum atomic E-state index is -0.108. The van der Waals surface area contributed by atoms with Gasteiger partial charge in [0.2, 0.25) is 0 Å². The lowest BCUT2D eigenvalue weighted by Crippen LogP contribution is -2.37. The van der Waals surface area contributed by atoms with E-state index in [1.807, 2.05) is 18.2 Å². The zero-order valence-corrected chi connectivity index (χ0v) is 13.2. The zero-order valence-electron chi connectivity index (χ0n) is 13.2. The summed E-state index contributed by atoms with van der Waals surface area (Å²) in [6.45, 7) is 2.77. The van der Waals surface area contributed by atoms with Crippen LogP contribution in [0.2, 0.25) is 0 Å². The Morgan fingerprint density at radius 1 is 1.04 bits per heavy atom. The maximum Gasteiger partial charge on any atom is 0.253 e. The Labute approximate surface area is 137 Å². The number of nitrogen functional groups attached to an aromatic ring is 1. The van der Waals surface area contributed by atoms with Gasteiger partial charge in [0.15, 0.2) is 0 Å². The molecule has 1 heterocycles. The van der Waals surface area contributed by atoms with Crippen LogP contribution >= 0.6 is 0 Å². The summed E-state index contributed by atoms with van der Waals surface area (Å²) >= 11 is 0. The van der Waals surface area contributed by atoms with Gasteiger partial charge in [-0.2, -0.15) is 0 Å². The minimum absolute atomic E-state index is 0.108. The van der Waals surface area contributed by atoms with Crippen LogP contribution in [0.5, 0.6) is 0 Å². The van der Waals surface area contributed by atoms with Gasteiger partial charge in [0.25, 0.3) is 5.91 Å². The van der Waals surface area contributed by atoms with Gasteiger partial charge in [0.1, 0.15) is 0 Å². The first kappa shape index (κ1) is 15.6. The molecule has 4 nitrogen and oxygen atoms in total. The lowest BCUT2D eigenvalue weighted by molar-refractivity contribution is 0.0939. The summed E-state index contributed by atoms with van der Waals surface area (Å²) in [5, 5.41) is 3.05. The molecule has 1 fully saturated rings. The van der Waals surface area contributed by atoms with Crippen molar-refractivity contribution in [3.05, 3.63) is 65.7 Å². The summed E-state index contributed by atoms with van der Waals surface area (Å²) in [6.07, 6.45) is 2.45. The second-order valence-corrected chi connectivity index (χ2v) is 5.97. The van der Waals surface area contributed by atoms with Crippen LogP contribution in [-0.4, -0.2) is 30.4 Å². The van der Waals surface area contributed by atoms with E-state index in [0.29, 0.717) is 17.8 Å². The van der Waals surface area contributed by atoms with Crippen LogP contribution in [0.15, 0.2) is 54.6 Å². The second-order valence-electron chi connectivity index (χ2n) is 5.97. The van der Waals surface area contributed by atoms with E-state index in [-0.39, 0.29) is 11.9 Å². The summed E-state index contributed by atoms with van der Waals surface area (Å²) < 4.78 is 0. The lowest BCUT2D eigenvalue weighted by Gasteiger charge is -2.28. The van der Waals surface area contributed by atoms with Crippen molar-refractivity contribution in [1.82, 2.24) is 10.2 Å². The van der Waals surface area contributed by atoms with Crippen molar-refractivity contribution in [3.8, 4) is 0 Å². The predicted molar refractivity (Wildman–Crippen MR) is 93.2 cm³/mol. The number of amides is 1. The Hall–Kier alpha value is -2.33. The number of carbonyl (C=O) groups excluding carboxylic acids is 1. The number of rotatable bonds is 5. The summed E-state index contributed by atoms with van der Waals surface area (Å²) in [5.41, 5.74) is 8.19. The third kappa shape index (κ3) is 3.71. The van der Waals surface area contributed by atoms with Gasteiger partial charge < -0.3 is 11.1 Å². The van der Waals surface area contributed by atoms with Crippen LogP contribution < -0.4 is 11.1 Å². The Balaban J connectivity index is 1.72. The molecule has 2 aromatic rings. The summed E-state index contributed by atoms with van der Waals surface area (Å²) in [5.74, 6) is -0.108. The molecule has 1 atom stereocenters. The fraction of sp³-hybridized carbons (Fsp3) is 0.316. The van der Waals surface area contributed by atoms with Crippen molar-refractivity contribution in [2.45, 2.75) is 18.9 Å². The molecule has 1 amide bonds. The molecular weight excluding hydrogens is 286 g/mol. The molecule has 0 aliphatic carbocycles. The first-order chi connectivity index (χ1) is 11.3. The van der Waals surface area contributed by atoms with Gasteiger partial charge in [-0.15, -0.1) is 0 Å². The summed E-state index contributed by atoms with van der Waals surface area (Å²) in [4.78, 5) is 14.9. The summed E-state index contributed by atoms with van der Waals surface area (Å²) in [6, 6.07) is 17.8. The van der Waals surface area contributed by atoms with Crippen molar-refractivity contribution in [2.75, 3.05) is 25.4 Å². The fourth-order valence-electron chi connectivity index (χ4n) is 3.17. The maximum atomic E-state index is 12.4. The average molecular weight is 309 g/mol. The van der Waals surface area contributed by atoms with Crippen molar-refractivity contribution >= 4 is 11.6 Å². The van der Waals surface area contributed by atoms with Crippen LogP contribution in [0.25, 0.3) is 0 Å². The molecule has 3 N–H and O–H groups in total. The highest BCUT2D eigenvalue weighted by Gasteiger charge is 2.24. The van der Waals surface area contributed by atoms with E-state index in [0.717, 1.165) is 13.1 Å². The van der Waals surface area contributed by atoms with Gasteiger partial charge in [0.05, 0.1) is 11.6 Å². The van der Waals surface area contributed by atoms with Crippen LogP contribution in [0.4, 0.5) is 5.69 Å². The van der Waals surface area contributed by atoms with Gasteiger partial charge in [-0.05, 0) is 43.6 Å². The molecule has 23 heavy (non-hydrogen) atoms. The molecular formula is C19H23N3O. The highest BCUT2D eigenvalue weighted by atomic mass is 16.1. The van der Waals surface area contributed by atoms with Crippen LogP contribution in [0.1, 0.15) is 34.8 Å². The van der Waals surface area contributed by atoms with E-state index < -0.39 is 0 Å². The molecule has 1 aliphatic rings. The standard InChI is InChI=1S/C19H23N3O/c20-17-11-5-4-10-16(17)19(23)21-14-18(22-12-6-7-13-22)15-8-2-1-3-9-15/h1-5,8-11,18H,6-7,12-14,20H2,(H,21,23). The first-order valence-corrected chi connectivity index (χ1v) is 8.17. The first-order valence-electron chi connectivity index (χ1n) is 8.17. The second kappa shape index (κ2) is 7.29. The third-order valence-electron chi connectivity index (χ3n) is 4.43. The van der Waals surface area contributed by atoms with Gasteiger partial charge in [-0.1, -0.05) is 42.5 Å². The van der Waals surface area contributed by atoms with Crippen molar-refractivity contribution in [1.29, 1.82) is 0 Å². The normalized spacial score (nSPS) is 16.2. The third-order valence-corrected chi connectivity index (χ3v) is 4.43. The van der Waals surface area contributed by atoms with E-state index in [4.69, 9.17) is 5.73 Å². The molecule has 3 rings (SSSR count). The van der Waals surface area contributed by atoms with Crippen molar-refractivity contribution in [3.63, 3.8) is 0 Å². The number of likely N-dealkylation sites (tertiary alicyclic amines) is 1. The molecule has 1 unspecified atom stereocenters. The number of hydrogen-bond donors (Lipinski definition) is 2. The maximum absolute atomic E-state index is 12.4. The number of anilines is 1. The van der Waals surface area contributed by atoms with Crippen molar-refractivity contribution < 1.29 is 4.79 Å². The Bertz CT molecular complexity index is 651. The number of para-hydroxylation sites is 1. The number of hydrogen-bond acceptors (Lipinski definition) is 3. The molecule has 0 bridgehead atoms. The van der Waals surface area contributed by atoms with Gasteiger partial charge in [-0.3, -0.25) is 9.69 Å².